The summed E-state index contributed by atoms with van der Waals surface area (Å²) in [7, 11) is 0. The van der Waals surface area contributed by atoms with Gasteiger partial charge >= 0.3 is 0 Å². The third-order valence-electron chi connectivity index (χ3n) is 5.14. The minimum atomic E-state index is -0.267. The van der Waals surface area contributed by atoms with E-state index >= 15 is 0 Å². The molecule has 6 heteroatoms. The molecule has 1 fully saturated rings. The number of hydrogen-bond donors (Lipinski definition) is 2. The van der Waals surface area contributed by atoms with Gasteiger partial charge in [-0.25, -0.2) is 9.37 Å². The predicted molar refractivity (Wildman–Crippen MR) is 103 cm³/mol. The quantitative estimate of drug-likeness (QED) is 0.786. The Morgan fingerprint density at radius 3 is 2.70 bits per heavy atom. The molecule has 0 saturated carbocycles. The summed E-state index contributed by atoms with van der Waals surface area (Å²) in [6.45, 7) is 4.19. The summed E-state index contributed by atoms with van der Waals surface area (Å²) in [6, 6.07) is 10.1. The summed E-state index contributed by atoms with van der Waals surface area (Å²) < 4.78 is 13.1. The Morgan fingerprint density at radius 1 is 1.30 bits per heavy atom. The fraction of sp³-hybridized carbons (Fsp3) is 0.429. The fourth-order valence-corrected chi connectivity index (χ4v) is 3.54. The largest absolute Gasteiger partial charge is 0.396 e. The molecule has 0 aliphatic carbocycles. The second-order valence-electron chi connectivity index (χ2n) is 7.29. The number of rotatable bonds is 7. The summed E-state index contributed by atoms with van der Waals surface area (Å²) in [4.78, 5) is 18.6. The third-order valence-corrected chi connectivity index (χ3v) is 5.14. The monoisotopic (exact) mass is 371 g/mol. The van der Waals surface area contributed by atoms with Gasteiger partial charge in [-0.05, 0) is 49.1 Å². The second kappa shape index (κ2) is 8.48. The van der Waals surface area contributed by atoms with Crippen molar-refractivity contribution in [2.45, 2.75) is 26.2 Å². The molecule has 1 amide bonds. The number of nitrogens with one attached hydrogen (secondary N) is 1. The van der Waals surface area contributed by atoms with Crippen molar-refractivity contribution in [2.24, 2.45) is 5.41 Å². The predicted octanol–water partition coefficient (Wildman–Crippen LogP) is 2.79. The minimum absolute atomic E-state index is 0.0678. The number of benzene rings is 1. The van der Waals surface area contributed by atoms with Crippen LogP contribution in [0.25, 0.3) is 0 Å². The minimum Gasteiger partial charge on any atom is -0.396 e. The Bertz CT molecular complexity index is 764. The zero-order valence-electron chi connectivity index (χ0n) is 15.6. The molecule has 0 spiro atoms. The molecule has 1 aliphatic heterocycles. The molecule has 1 saturated heterocycles. The highest BCUT2D eigenvalue weighted by molar-refractivity contribution is 5.94. The lowest BCUT2D eigenvalue weighted by Crippen LogP contribution is -2.33. The summed E-state index contributed by atoms with van der Waals surface area (Å²) in [6.07, 6.45) is 4.01. The van der Waals surface area contributed by atoms with Crippen LogP contribution < -0.4 is 10.2 Å². The van der Waals surface area contributed by atoms with Crippen LogP contribution >= 0.6 is 0 Å². The van der Waals surface area contributed by atoms with Gasteiger partial charge in [-0.1, -0.05) is 19.1 Å². The topological polar surface area (TPSA) is 65.5 Å². The molecular formula is C21H26FN3O2. The van der Waals surface area contributed by atoms with Crippen LogP contribution in [-0.4, -0.2) is 42.2 Å². The van der Waals surface area contributed by atoms with Crippen molar-refractivity contribution in [3.8, 4) is 0 Å². The summed E-state index contributed by atoms with van der Waals surface area (Å²) in [5.74, 6) is 0.437. The average molecular weight is 371 g/mol. The first-order chi connectivity index (χ1) is 13.0. The number of pyridine rings is 1. The van der Waals surface area contributed by atoms with Gasteiger partial charge in [0.1, 0.15) is 11.6 Å². The fourth-order valence-electron chi connectivity index (χ4n) is 3.54. The lowest BCUT2D eigenvalue weighted by Gasteiger charge is -2.27. The smallest absolute Gasteiger partial charge is 0.252 e. The van der Waals surface area contributed by atoms with E-state index < -0.39 is 0 Å². The van der Waals surface area contributed by atoms with E-state index in [1.165, 1.54) is 12.1 Å². The lowest BCUT2D eigenvalue weighted by atomic mass is 9.81. The molecule has 1 atom stereocenters. The molecule has 1 aliphatic rings. The number of aromatic nitrogens is 1. The number of carbonyl (C=O) groups is 1. The highest BCUT2D eigenvalue weighted by Crippen LogP contribution is 2.35. The van der Waals surface area contributed by atoms with Gasteiger partial charge in [0.05, 0.1) is 12.2 Å². The Hall–Kier alpha value is -2.47. The molecule has 0 bridgehead atoms. The number of carbonyl (C=O) groups excluding carboxylic acids is 1. The maximum absolute atomic E-state index is 13.1. The van der Waals surface area contributed by atoms with Crippen molar-refractivity contribution in [3.63, 3.8) is 0 Å². The first-order valence-corrected chi connectivity index (χ1v) is 9.40. The van der Waals surface area contributed by atoms with E-state index in [1.807, 2.05) is 13.0 Å². The van der Waals surface area contributed by atoms with Crippen LogP contribution in [0.2, 0.25) is 0 Å². The Balaban J connectivity index is 1.66. The van der Waals surface area contributed by atoms with Gasteiger partial charge in [0, 0.05) is 31.2 Å². The molecule has 1 aromatic carbocycles. The molecule has 1 unspecified atom stereocenters. The van der Waals surface area contributed by atoms with Gasteiger partial charge in [-0.2, -0.15) is 0 Å². The SMILES string of the molecule is CCCNC(=O)c1ccc(N2CCC(CO)(Cc3ccc(F)cc3)C2)nc1. The number of aliphatic hydroxyl groups is 1. The van der Waals surface area contributed by atoms with E-state index in [0.717, 1.165) is 30.8 Å². The number of aliphatic hydroxyl groups excluding tert-OH is 1. The second-order valence-corrected chi connectivity index (χ2v) is 7.29. The standard InChI is InChI=1S/C21H26FN3O2/c1-2-10-23-20(27)17-5-8-19(24-13-17)25-11-9-21(14-25,15-26)12-16-3-6-18(22)7-4-16/h3-8,13,26H,2,9-12,14-15H2,1H3,(H,23,27). The van der Waals surface area contributed by atoms with Crippen molar-refractivity contribution >= 4 is 11.7 Å². The van der Waals surface area contributed by atoms with Crippen LogP contribution in [0.5, 0.6) is 0 Å². The van der Waals surface area contributed by atoms with Gasteiger partial charge in [0.15, 0.2) is 0 Å². The summed E-state index contributed by atoms with van der Waals surface area (Å²) in [5.41, 5.74) is 1.30. The molecule has 3 rings (SSSR count). The molecule has 144 valence electrons. The van der Waals surface area contributed by atoms with Crippen molar-refractivity contribution in [3.05, 3.63) is 59.5 Å². The van der Waals surface area contributed by atoms with E-state index in [9.17, 15) is 14.3 Å². The van der Waals surface area contributed by atoms with E-state index in [2.05, 4.69) is 15.2 Å². The molecule has 2 N–H and O–H groups in total. The normalized spacial score (nSPS) is 19.3. The van der Waals surface area contributed by atoms with Crippen molar-refractivity contribution in [2.75, 3.05) is 31.1 Å². The van der Waals surface area contributed by atoms with Crippen molar-refractivity contribution < 1.29 is 14.3 Å². The van der Waals surface area contributed by atoms with E-state index in [0.29, 0.717) is 25.1 Å². The molecule has 1 aromatic heterocycles. The summed E-state index contributed by atoms with van der Waals surface area (Å²) in [5, 5.41) is 12.9. The Morgan fingerprint density at radius 2 is 2.07 bits per heavy atom. The molecule has 27 heavy (non-hydrogen) atoms. The van der Waals surface area contributed by atoms with E-state index in [-0.39, 0.29) is 23.7 Å². The number of hydrogen-bond acceptors (Lipinski definition) is 4. The van der Waals surface area contributed by atoms with Crippen LogP contribution in [0.3, 0.4) is 0 Å². The third kappa shape index (κ3) is 4.63. The van der Waals surface area contributed by atoms with Gasteiger partial charge in [0.25, 0.3) is 5.91 Å². The molecular weight excluding hydrogens is 345 g/mol. The van der Waals surface area contributed by atoms with Crippen molar-refractivity contribution in [1.29, 1.82) is 0 Å². The number of nitrogens with zero attached hydrogens (tertiary/aromatic N) is 2. The van der Waals surface area contributed by atoms with Gasteiger partial charge < -0.3 is 15.3 Å². The van der Waals surface area contributed by atoms with Crippen LogP contribution in [0.4, 0.5) is 10.2 Å². The number of anilines is 1. The van der Waals surface area contributed by atoms with E-state index in [1.54, 1.807) is 24.4 Å². The highest BCUT2D eigenvalue weighted by atomic mass is 19.1. The number of halogens is 1. The van der Waals surface area contributed by atoms with Crippen LogP contribution in [-0.2, 0) is 6.42 Å². The highest BCUT2D eigenvalue weighted by Gasteiger charge is 2.38. The number of amides is 1. The van der Waals surface area contributed by atoms with Gasteiger partial charge in [0.2, 0.25) is 0 Å². The maximum atomic E-state index is 13.1. The first kappa shape index (κ1) is 19.3. The molecule has 2 heterocycles. The first-order valence-electron chi connectivity index (χ1n) is 9.40. The Kier molecular flexibility index (Phi) is 6.06. The molecule has 5 nitrogen and oxygen atoms in total. The van der Waals surface area contributed by atoms with E-state index in [4.69, 9.17) is 0 Å². The molecule has 0 radical (unpaired) electrons. The lowest BCUT2D eigenvalue weighted by molar-refractivity contribution is 0.0953. The zero-order valence-corrected chi connectivity index (χ0v) is 15.6. The van der Waals surface area contributed by atoms with Gasteiger partial charge in [-0.3, -0.25) is 4.79 Å². The van der Waals surface area contributed by atoms with Gasteiger partial charge in [-0.15, -0.1) is 0 Å². The van der Waals surface area contributed by atoms with Crippen LogP contribution in [0.15, 0.2) is 42.6 Å². The van der Waals surface area contributed by atoms with Crippen molar-refractivity contribution in [1.82, 2.24) is 10.3 Å². The summed E-state index contributed by atoms with van der Waals surface area (Å²) >= 11 is 0. The Labute approximate surface area is 159 Å². The average Bonchev–Trinajstić information content (AvgIpc) is 3.12. The maximum Gasteiger partial charge on any atom is 0.252 e. The van der Waals surface area contributed by atoms with Crippen LogP contribution in [0, 0.1) is 11.2 Å². The van der Waals surface area contributed by atoms with Crippen LogP contribution in [0.1, 0.15) is 35.7 Å². The molecule has 2 aromatic rings. The zero-order chi connectivity index (χ0) is 19.3.